The van der Waals surface area contributed by atoms with Crippen LogP contribution in [-0.4, -0.2) is 18.5 Å². The number of hydrogen-bond donors (Lipinski definition) is 1. The molecule has 126 valence electrons. The van der Waals surface area contributed by atoms with Crippen LogP contribution in [0.25, 0.3) is 6.08 Å². The summed E-state index contributed by atoms with van der Waals surface area (Å²) in [6, 6.07) is 12.0. The third-order valence-electron chi connectivity index (χ3n) is 2.98. The van der Waals surface area contributed by atoms with Crippen LogP contribution in [0.3, 0.4) is 0 Å². The molecule has 7 heteroatoms. The molecule has 0 unspecified atom stereocenters. The van der Waals surface area contributed by atoms with Crippen molar-refractivity contribution in [3.63, 3.8) is 0 Å². The molecule has 0 aliphatic heterocycles. The van der Waals surface area contributed by atoms with E-state index < -0.39 is 24.3 Å². The molecule has 2 aromatic carbocycles. The van der Waals surface area contributed by atoms with E-state index in [-0.39, 0.29) is 11.3 Å². The fourth-order valence-corrected chi connectivity index (χ4v) is 2.04. The molecule has 2 aromatic rings. The third kappa shape index (κ3) is 5.75. The van der Waals surface area contributed by atoms with E-state index in [9.17, 15) is 14.0 Å². The Bertz CT molecular complexity index is 875. The van der Waals surface area contributed by atoms with E-state index in [0.29, 0.717) is 10.6 Å². The van der Waals surface area contributed by atoms with Crippen molar-refractivity contribution in [2.75, 3.05) is 11.9 Å². The molecular weight excluding hydrogens is 347 g/mol. The van der Waals surface area contributed by atoms with Gasteiger partial charge in [0.15, 0.2) is 6.61 Å². The first-order chi connectivity index (χ1) is 12.0. The number of nitriles is 1. The number of ether oxygens (including phenoxy) is 1. The van der Waals surface area contributed by atoms with Crippen LogP contribution in [-0.2, 0) is 14.3 Å². The topological polar surface area (TPSA) is 79.2 Å². The molecule has 0 atom stereocenters. The quantitative estimate of drug-likeness (QED) is 0.655. The maximum atomic E-state index is 13.0. The van der Waals surface area contributed by atoms with Crippen molar-refractivity contribution < 1.29 is 18.7 Å². The largest absolute Gasteiger partial charge is 0.452 e. The van der Waals surface area contributed by atoms with Crippen LogP contribution in [0, 0.1) is 17.1 Å². The Morgan fingerprint density at radius 2 is 2.08 bits per heavy atom. The van der Waals surface area contributed by atoms with Crippen molar-refractivity contribution in [3.05, 3.63) is 70.5 Å². The first-order valence-corrected chi connectivity index (χ1v) is 7.45. The molecule has 1 amide bonds. The van der Waals surface area contributed by atoms with Gasteiger partial charge in [0, 0.05) is 11.1 Å². The van der Waals surface area contributed by atoms with Gasteiger partial charge in [-0.25, -0.2) is 9.18 Å². The molecule has 0 saturated carbocycles. The number of carbonyl (C=O) groups is 2. The molecular formula is C18H12ClFN2O3. The van der Waals surface area contributed by atoms with Crippen molar-refractivity contribution in [1.82, 2.24) is 0 Å². The van der Waals surface area contributed by atoms with Crippen molar-refractivity contribution >= 4 is 35.2 Å². The minimum absolute atomic E-state index is 0.228. The highest BCUT2D eigenvalue weighted by Gasteiger charge is 2.09. The molecule has 0 aliphatic rings. The number of benzene rings is 2. The van der Waals surface area contributed by atoms with Gasteiger partial charge in [-0.05, 0) is 42.0 Å². The van der Waals surface area contributed by atoms with Gasteiger partial charge in [0.05, 0.1) is 11.3 Å². The van der Waals surface area contributed by atoms with Crippen LogP contribution in [0.2, 0.25) is 5.02 Å². The smallest absolute Gasteiger partial charge is 0.331 e. The highest BCUT2D eigenvalue weighted by atomic mass is 35.5. The molecule has 0 aromatic heterocycles. The third-order valence-corrected chi connectivity index (χ3v) is 3.22. The summed E-state index contributed by atoms with van der Waals surface area (Å²) in [5.74, 6) is -1.80. The molecule has 0 bridgehead atoms. The fraction of sp³-hybridized carbons (Fsp3) is 0.0556. The van der Waals surface area contributed by atoms with E-state index in [1.807, 2.05) is 6.07 Å². The Labute approximate surface area is 148 Å². The summed E-state index contributed by atoms with van der Waals surface area (Å²) in [5, 5.41) is 11.8. The Morgan fingerprint density at radius 1 is 1.28 bits per heavy atom. The fourth-order valence-electron chi connectivity index (χ4n) is 1.86. The zero-order valence-electron chi connectivity index (χ0n) is 12.8. The van der Waals surface area contributed by atoms with E-state index in [1.54, 1.807) is 6.07 Å². The zero-order valence-corrected chi connectivity index (χ0v) is 13.6. The number of hydrogen-bond acceptors (Lipinski definition) is 4. The SMILES string of the molecule is N#Cc1ccc(Cl)cc1NC(=O)COC(=O)C=Cc1cccc(F)c1. The molecule has 2 rings (SSSR count). The summed E-state index contributed by atoms with van der Waals surface area (Å²) in [4.78, 5) is 23.4. The van der Waals surface area contributed by atoms with Gasteiger partial charge in [-0.15, -0.1) is 0 Å². The van der Waals surface area contributed by atoms with Crippen LogP contribution in [0.15, 0.2) is 48.5 Å². The summed E-state index contributed by atoms with van der Waals surface area (Å²) in [6.07, 6.45) is 2.45. The van der Waals surface area contributed by atoms with Gasteiger partial charge >= 0.3 is 5.97 Å². The molecule has 0 saturated heterocycles. The maximum Gasteiger partial charge on any atom is 0.331 e. The normalized spacial score (nSPS) is 10.3. The monoisotopic (exact) mass is 358 g/mol. The molecule has 0 radical (unpaired) electrons. The van der Waals surface area contributed by atoms with E-state index in [1.165, 1.54) is 42.5 Å². The molecule has 5 nitrogen and oxygen atoms in total. The molecule has 25 heavy (non-hydrogen) atoms. The highest BCUT2D eigenvalue weighted by molar-refractivity contribution is 6.31. The van der Waals surface area contributed by atoms with E-state index in [4.69, 9.17) is 21.6 Å². The molecule has 0 heterocycles. The lowest BCUT2D eigenvalue weighted by Crippen LogP contribution is -2.20. The van der Waals surface area contributed by atoms with Gasteiger partial charge in [0.25, 0.3) is 5.91 Å². The van der Waals surface area contributed by atoms with Crippen LogP contribution in [0.4, 0.5) is 10.1 Å². The molecule has 0 aliphatic carbocycles. The first-order valence-electron chi connectivity index (χ1n) is 7.08. The highest BCUT2D eigenvalue weighted by Crippen LogP contribution is 2.20. The number of rotatable bonds is 5. The van der Waals surface area contributed by atoms with Crippen LogP contribution >= 0.6 is 11.6 Å². The lowest BCUT2D eigenvalue weighted by atomic mass is 10.2. The number of esters is 1. The summed E-state index contributed by atoms with van der Waals surface area (Å²) in [6.45, 7) is -0.538. The van der Waals surface area contributed by atoms with Gasteiger partial charge in [0.2, 0.25) is 0 Å². The van der Waals surface area contributed by atoms with Crippen LogP contribution in [0.1, 0.15) is 11.1 Å². The Balaban J connectivity index is 1.89. The molecule has 0 spiro atoms. The minimum Gasteiger partial charge on any atom is -0.452 e. The van der Waals surface area contributed by atoms with Crippen molar-refractivity contribution in [2.45, 2.75) is 0 Å². The van der Waals surface area contributed by atoms with E-state index >= 15 is 0 Å². The second-order valence-corrected chi connectivity index (χ2v) is 5.28. The summed E-state index contributed by atoms with van der Waals surface area (Å²) >= 11 is 5.81. The number of nitrogens with one attached hydrogen (secondary N) is 1. The average Bonchev–Trinajstić information content (AvgIpc) is 2.58. The van der Waals surface area contributed by atoms with Crippen molar-refractivity contribution in [2.24, 2.45) is 0 Å². The number of carbonyl (C=O) groups excluding carboxylic acids is 2. The summed E-state index contributed by atoms with van der Waals surface area (Å²) < 4.78 is 17.8. The Hall–Kier alpha value is -3.17. The Morgan fingerprint density at radius 3 is 2.80 bits per heavy atom. The second kappa shape index (κ2) is 8.62. The maximum absolute atomic E-state index is 13.0. The first kappa shape index (κ1) is 18.2. The predicted octanol–water partition coefficient (Wildman–Crippen LogP) is 3.55. The lowest BCUT2D eigenvalue weighted by molar-refractivity contribution is -0.142. The van der Waals surface area contributed by atoms with Gasteiger partial charge in [-0.1, -0.05) is 23.7 Å². The van der Waals surface area contributed by atoms with Crippen molar-refractivity contribution in [1.29, 1.82) is 5.26 Å². The number of amides is 1. The average molecular weight is 359 g/mol. The second-order valence-electron chi connectivity index (χ2n) is 4.85. The summed E-state index contributed by atoms with van der Waals surface area (Å²) in [5.41, 5.74) is 0.945. The number of nitrogens with zero attached hydrogens (tertiary/aromatic N) is 1. The van der Waals surface area contributed by atoms with Crippen LogP contribution < -0.4 is 5.32 Å². The van der Waals surface area contributed by atoms with E-state index in [2.05, 4.69) is 5.32 Å². The number of halogens is 2. The predicted molar refractivity (Wildman–Crippen MR) is 91.2 cm³/mol. The van der Waals surface area contributed by atoms with Gasteiger partial charge in [0.1, 0.15) is 11.9 Å². The molecule has 0 fully saturated rings. The standard InChI is InChI=1S/C18H12ClFN2O3/c19-14-6-5-13(10-21)16(9-14)22-17(23)11-25-18(24)7-4-12-2-1-3-15(20)8-12/h1-9H,11H2,(H,22,23). The van der Waals surface area contributed by atoms with Crippen molar-refractivity contribution in [3.8, 4) is 6.07 Å². The van der Waals surface area contributed by atoms with E-state index in [0.717, 1.165) is 6.08 Å². The van der Waals surface area contributed by atoms with Gasteiger partial charge in [-0.3, -0.25) is 4.79 Å². The van der Waals surface area contributed by atoms with Gasteiger partial charge < -0.3 is 10.1 Å². The van der Waals surface area contributed by atoms with Crippen LogP contribution in [0.5, 0.6) is 0 Å². The summed E-state index contributed by atoms with van der Waals surface area (Å²) in [7, 11) is 0. The Kier molecular flexibility index (Phi) is 6.26. The molecule has 1 N–H and O–H groups in total. The zero-order chi connectivity index (χ0) is 18.2. The minimum atomic E-state index is -0.758. The lowest BCUT2D eigenvalue weighted by Gasteiger charge is -2.07. The van der Waals surface area contributed by atoms with Gasteiger partial charge in [-0.2, -0.15) is 5.26 Å². The number of anilines is 1.